The lowest BCUT2D eigenvalue weighted by atomic mass is 10.2. The van der Waals surface area contributed by atoms with Crippen molar-refractivity contribution in [3.8, 4) is 6.07 Å². The van der Waals surface area contributed by atoms with E-state index in [0.717, 1.165) is 15.4 Å². The molecule has 0 saturated heterocycles. The fraction of sp³-hybridized carbons (Fsp3) is 0. The number of aromatic nitrogens is 2. The van der Waals surface area contributed by atoms with Crippen LogP contribution in [-0.4, -0.2) is 9.97 Å². The second-order valence-electron chi connectivity index (χ2n) is 4.29. The van der Waals surface area contributed by atoms with E-state index in [1.165, 1.54) is 0 Å². The Balaban J connectivity index is 2.13. The first-order valence-electron chi connectivity index (χ1n) is 6.06. The second-order valence-corrected chi connectivity index (χ2v) is 5.54. The molecule has 102 valence electrons. The van der Waals surface area contributed by atoms with E-state index >= 15 is 0 Å². The van der Waals surface area contributed by atoms with Crippen LogP contribution >= 0.6 is 27.5 Å². The van der Waals surface area contributed by atoms with Crippen LogP contribution in [0.2, 0.25) is 5.28 Å². The highest BCUT2D eigenvalue weighted by atomic mass is 79.9. The Morgan fingerprint density at radius 3 is 2.76 bits per heavy atom. The zero-order valence-corrected chi connectivity index (χ0v) is 13.0. The predicted octanol–water partition coefficient (Wildman–Crippen LogP) is 4.66. The lowest BCUT2D eigenvalue weighted by Gasteiger charge is -2.10. The van der Waals surface area contributed by atoms with E-state index in [1.807, 2.05) is 36.4 Å². The van der Waals surface area contributed by atoms with Crippen LogP contribution in [0.15, 0.2) is 46.9 Å². The van der Waals surface area contributed by atoms with Crippen molar-refractivity contribution in [2.45, 2.75) is 0 Å². The third kappa shape index (κ3) is 2.82. The minimum Gasteiger partial charge on any atom is -0.338 e. The van der Waals surface area contributed by atoms with E-state index in [2.05, 4.69) is 37.3 Å². The lowest BCUT2D eigenvalue weighted by Crippen LogP contribution is -1.99. The Bertz CT molecular complexity index is 873. The summed E-state index contributed by atoms with van der Waals surface area (Å²) < 4.78 is 0.843. The van der Waals surface area contributed by atoms with Gasteiger partial charge in [0.25, 0.3) is 0 Å². The third-order valence-electron chi connectivity index (χ3n) is 2.93. The summed E-state index contributed by atoms with van der Waals surface area (Å²) in [4.78, 5) is 8.39. The summed E-state index contributed by atoms with van der Waals surface area (Å²) >= 11 is 9.30. The molecule has 0 fully saturated rings. The molecule has 0 aliphatic carbocycles. The van der Waals surface area contributed by atoms with Gasteiger partial charge in [-0.25, -0.2) is 4.98 Å². The van der Waals surface area contributed by atoms with Gasteiger partial charge in [-0.2, -0.15) is 10.2 Å². The summed E-state index contributed by atoms with van der Waals surface area (Å²) in [5, 5.41) is 13.4. The molecule has 0 amide bonds. The van der Waals surface area contributed by atoms with Gasteiger partial charge in [0.1, 0.15) is 11.9 Å². The monoisotopic (exact) mass is 358 g/mol. The number of hydrogen-bond acceptors (Lipinski definition) is 4. The molecule has 0 bridgehead atoms. The molecular weight excluding hydrogens is 352 g/mol. The molecule has 0 aliphatic rings. The normalized spacial score (nSPS) is 10.3. The Kier molecular flexibility index (Phi) is 3.74. The summed E-state index contributed by atoms with van der Waals surface area (Å²) in [5.41, 5.74) is 1.93. The van der Waals surface area contributed by atoms with Crippen LogP contribution in [0, 0.1) is 11.3 Å². The highest BCUT2D eigenvalue weighted by Gasteiger charge is 2.09. The van der Waals surface area contributed by atoms with Crippen LogP contribution in [0.5, 0.6) is 0 Å². The van der Waals surface area contributed by atoms with Crippen molar-refractivity contribution in [3.63, 3.8) is 0 Å². The number of rotatable bonds is 2. The molecule has 3 rings (SSSR count). The maximum atomic E-state index is 9.22. The average molecular weight is 360 g/mol. The highest BCUT2D eigenvalue weighted by molar-refractivity contribution is 9.10. The smallest absolute Gasteiger partial charge is 0.224 e. The molecule has 0 unspecified atom stereocenters. The van der Waals surface area contributed by atoms with Crippen LogP contribution in [-0.2, 0) is 0 Å². The maximum absolute atomic E-state index is 9.22. The number of fused-ring (bicyclic) bond motifs is 1. The minimum absolute atomic E-state index is 0.159. The van der Waals surface area contributed by atoms with Gasteiger partial charge >= 0.3 is 0 Å². The first kappa shape index (κ1) is 13.8. The van der Waals surface area contributed by atoms with Crippen molar-refractivity contribution in [2.24, 2.45) is 0 Å². The molecule has 6 heteroatoms. The summed E-state index contributed by atoms with van der Waals surface area (Å²) in [6, 6.07) is 15.1. The van der Waals surface area contributed by atoms with E-state index in [9.17, 15) is 5.26 Å². The summed E-state index contributed by atoms with van der Waals surface area (Å²) in [6.45, 7) is 0. The van der Waals surface area contributed by atoms with Gasteiger partial charge < -0.3 is 5.32 Å². The maximum Gasteiger partial charge on any atom is 0.224 e. The van der Waals surface area contributed by atoms with Crippen LogP contribution in [0.4, 0.5) is 11.5 Å². The Morgan fingerprint density at radius 1 is 1.14 bits per heavy atom. The number of nitriles is 1. The zero-order chi connectivity index (χ0) is 14.8. The van der Waals surface area contributed by atoms with Gasteiger partial charge in [-0.05, 0) is 41.9 Å². The molecule has 3 aromatic rings. The van der Waals surface area contributed by atoms with E-state index in [1.54, 1.807) is 6.07 Å². The first-order valence-corrected chi connectivity index (χ1v) is 7.23. The van der Waals surface area contributed by atoms with Gasteiger partial charge in [0.2, 0.25) is 5.28 Å². The minimum atomic E-state index is 0.159. The van der Waals surface area contributed by atoms with Crippen molar-refractivity contribution in [2.75, 3.05) is 5.32 Å². The standard InChI is InChI=1S/C15H8BrClN4/c16-10-5-6-12(9(7-10)8-18)19-14-11-3-1-2-4-13(11)20-15(17)21-14/h1-7H,(H,19,20,21). The van der Waals surface area contributed by atoms with Crippen LogP contribution in [0.1, 0.15) is 5.56 Å². The molecule has 1 N–H and O–H groups in total. The SMILES string of the molecule is N#Cc1cc(Br)ccc1Nc1nc(Cl)nc2ccccc12. The number of halogens is 2. The summed E-state index contributed by atoms with van der Waals surface area (Å²) in [7, 11) is 0. The van der Waals surface area contributed by atoms with Crippen LogP contribution in [0.3, 0.4) is 0 Å². The fourth-order valence-electron chi connectivity index (χ4n) is 1.99. The molecule has 0 atom stereocenters. The van der Waals surface area contributed by atoms with Gasteiger partial charge in [0, 0.05) is 9.86 Å². The van der Waals surface area contributed by atoms with Gasteiger partial charge in [-0.3, -0.25) is 0 Å². The fourth-order valence-corrected chi connectivity index (χ4v) is 2.53. The molecule has 1 aromatic heterocycles. The topological polar surface area (TPSA) is 61.6 Å². The number of hydrogen-bond donors (Lipinski definition) is 1. The lowest BCUT2D eigenvalue weighted by molar-refractivity contribution is 1.22. The number of benzene rings is 2. The molecule has 21 heavy (non-hydrogen) atoms. The largest absolute Gasteiger partial charge is 0.338 e. The van der Waals surface area contributed by atoms with Crippen molar-refractivity contribution >= 4 is 49.9 Å². The van der Waals surface area contributed by atoms with Crippen molar-refractivity contribution in [1.82, 2.24) is 9.97 Å². The number of nitrogens with one attached hydrogen (secondary N) is 1. The molecule has 0 aliphatic heterocycles. The first-order chi connectivity index (χ1) is 10.2. The predicted molar refractivity (Wildman–Crippen MR) is 86.7 cm³/mol. The van der Waals surface area contributed by atoms with Gasteiger partial charge in [-0.15, -0.1) is 0 Å². The molecule has 2 aromatic carbocycles. The van der Waals surface area contributed by atoms with Gasteiger partial charge in [0.15, 0.2) is 0 Å². The van der Waals surface area contributed by atoms with Crippen molar-refractivity contribution in [1.29, 1.82) is 5.26 Å². The Morgan fingerprint density at radius 2 is 1.95 bits per heavy atom. The summed E-state index contributed by atoms with van der Waals surface area (Å²) in [5.74, 6) is 0.574. The zero-order valence-electron chi connectivity index (χ0n) is 10.6. The second kappa shape index (κ2) is 5.68. The molecule has 4 nitrogen and oxygen atoms in total. The van der Waals surface area contributed by atoms with Crippen molar-refractivity contribution < 1.29 is 0 Å². The molecule has 0 spiro atoms. The van der Waals surface area contributed by atoms with Gasteiger partial charge in [-0.1, -0.05) is 28.1 Å². The molecule has 1 heterocycles. The summed E-state index contributed by atoms with van der Waals surface area (Å²) in [6.07, 6.45) is 0. The number of para-hydroxylation sites is 1. The van der Waals surface area contributed by atoms with E-state index in [4.69, 9.17) is 11.6 Å². The van der Waals surface area contributed by atoms with Crippen LogP contribution in [0.25, 0.3) is 10.9 Å². The van der Waals surface area contributed by atoms with E-state index < -0.39 is 0 Å². The quantitative estimate of drug-likeness (QED) is 0.676. The Hall–Kier alpha value is -2.16. The third-order valence-corrected chi connectivity index (χ3v) is 3.59. The van der Waals surface area contributed by atoms with Crippen molar-refractivity contribution in [3.05, 3.63) is 57.8 Å². The van der Waals surface area contributed by atoms with E-state index in [0.29, 0.717) is 17.1 Å². The highest BCUT2D eigenvalue weighted by Crippen LogP contribution is 2.28. The molecule has 0 radical (unpaired) electrons. The van der Waals surface area contributed by atoms with Crippen LogP contribution < -0.4 is 5.32 Å². The molecule has 0 saturated carbocycles. The molecular formula is C15H8BrClN4. The average Bonchev–Trinajstić information content (AvgIpc) is 2.48. The van der Waals surface area contributed by atoms with E-state index in [-0.39, 0.29) is 5.28 Å². The number of anilines is 2. The number of nitrogens with zero attached hydrogens (tertiary/aromatic N) is 3. The van der Waals surface area contributed by atoms with Gasteiger partial charge in [0.05, 0.1) is 16.8 Å². The Labute approximate surface area is 134 Å².